The molecule has 3 N–H and O–H groups in total. The number of methoxy groups -OCH3 is 1. The number of aliphatic hydroxyl groups is 2. The minimum atomic E-state index is -0.800. The van der Waals surface area contributed by atoms with Crippen LogP contribution in [0.2, 0.25) is 0 Å². The third-order valence-corrected chi connectivity index (χ3v) is 4.34. The van der Waals surface area contributed by atoms with E-state index in [2.05, 4.69) is 11.6 Å². The molecule has 1 heterocycles. The molecule has 1 aromatic heterocycles. The Labute approximate surface area is 166 Å². The van der Waals surface area contributed by atoms with Gasteiger partial charge in [0.05, 0.1) is 25.0 Å². The van der Waals surface area contributed by atoms with Crippen LogP contribution >= 0.6 is 0 Å². The number of aliphatic hydroxyl groups excluding tert-OH is 2. The molecule has 1 atom stereocenters. The van der Waals surface area contributed by atoms with Gasteiger partial charge in [0.15, 0.2) is 0 Å². The van der Waals surface area contributed by atoms with Gasteiger partial charge in [-0.15, -0.1) is 0 Å². The van der Waals surface area contributed by atoms with Crippen LogP contribution in [0.15, 0.2) is 72.5 Å². The van der Waals surface area contributed by atoms with Gasteiger partial charge in [-0.2, -0.15) is 0 Å². The number of aromatic nitrogens is 1. The van der Waals surface area contributed by atoms with Gasteiger partial charge in [0.25, 0.3) is 0 Å². The second-order valence-electron chi connectivity index (χ2n) is 6.38. The van der Waals surface area contributed by atoms with Gasteiger partial charge in [0.1, 0.15) is 5.75 Å². The molecule has 5 nitrogen and oxygen atoms in total. The Balaban J connectivity index is 2.25. The number of para-hydroxylation sites is 1. The van der Waals surface area contributed by atoms with E-state index in [0.29, 0.717) is 29.6 Å². The van der Waals surface area contributed by atoms with Gasteiger partial charge in [-0.25, -0.2) is 0 Å². The lowest BCUT2D eigenvalue weighted by molar-refractivity contribution is 0.191. The van der Waals surface area contributed by atoms with E-state index < -0.39 is 6.10 Å². The quantitative estimate of drug-likeness (QED) is 0.548. The summed E-state index contributed by atoms with van der Waals surface area (Å²) in [5.74, 6) is 0.186. The van der Waals surface area contributed by atoms with Crippen LogP contribution in [-0.4, -0.2) is 46.7 Å². The van der Waals surface area contributed by atoms with Crippen molar-refractivity contribution in [1.82, 2.24) is 4.98 Å². The molecule has 28 heavy (non-hydrogen) atoms. The molecule has 0 aliphatic rings. The highest BCUT2D eigenvalue weighted by atomic mass is 16.5. The predicted molar refractivity (Wildman–Crippen MR) is 112 cm³/mol. The molecule has 1 unspecified atom stereocenters. The number of hydrogen-bond acceptors (Lipinski definition) is 5. The van der Waals surface area contributed by atoms with Crippen molar-refractivity contribution in [1.29, 1.82) is 0 Å². The van der Waals surface area contributed by atoms with E-state index in [9.17, 15) is 15.3 Å². The maximum Gasteiger partial charge on any atom is 0.122 e. The smallest absolute Gasteiger partial charge is 0.122 e. The van der Waals surface area contributed by atoms with Crippen molar-refractivity contribution in [2.75, 3.05) is 20.3 Å². The number of ether oxygens (including phenoxy) is 1. The number of rotatable bonds is 10. The van der Waals surface area contributed by atoms with Gasteiger partial charge in [-0.1, -0.05) is 36.9 Å². The van der Waals surface area contributed by atoms with Crippen molar-refractivity contribution >= 4 is 11.6 Å². The second-order valence-corrected chi connectivity index (χ2v) is 6.38. The van der Waals surface area contributed by atoms with Crippen LogP contribution in [-0.2, 0) is 4.74 Å². The standard InChI is InChI=1S/C23H27NO4/c1-17(16-28-2)20(12-14-25)23(27)11-10-18(21-8-5-6-13-24-21)15-19-7-3-4-9-22(19)26/h3-9,12-13,15,23,25-27H,1,10-11,14,16H2,2H3/b18-15-,20-12-. The molecule has 1 aromatic carbocycles. The molecule has 0 radical (unpaired) electrons. The van der Waals surface area contributed by atoms with Gasteiger partial charge in [-0.05, 0) is 53.8 Å². The van der Waals surface area contributed by atoms with Gasteiger partial charge >= 0.3 is 0 Å². The Morgan fingerprint density at radius 1 is 1.21 bits per heavy atom. The van der Waals surface area contributed by atoms with Crippen LogP contribution in [0.5, 0.6) is 5.75 Å². The Hall–Kier alpha value is -2.73. The second kappa shape index (κ2) is 11.2. The van der Waals surface area contributed by atoms with E-state index in [-0.39, 0.29) is 19.0 Å². The summed E-state index contributed by atoms with van der Waals surface area (Å²) in [4.78, 5) is 4.40. The number of phenolic OH excluding ortho intramolecular Hbond substituents is 1. The van der Waals surface area contributed by atoms with E-state index in [0.717, 1.165) is 11.3 Å². The first-order chi connectivity index (χ1) is 13.6. The van der Waals surface area contributed by atoms with Crippen molar-refractivity contribution in [3.8, 4) is 5.75 Å². The fourth-order valence-corrected chi connectivity index (χ4v) is 2.94. The maximum atomic E-state index is 10.7. The lowest BCUT2D eigenvalue weighted by atomic mass is 9.94. The first-order valence-electron chi connectivity index (χ1n) is 9.12. The Kier molecular flexibility index (Phi) is 8.62. The molecule has 0 saturated heterocycles. The third-order valence-electron chi connectivity index (χ3n) is 4.34. The highest BCUT2D eigenvalue weighted by Gasteiger charge is 2.16. The van der Waals surface area contributed by atoms with Gasteiger partial charge in [0, 0.05) is 18.9 Å². The van der Waals surface area contributed by atoms with Crippen LogP contribution in [0.3, 0.4) is 0 Å². The minimum Gasteiger partial charge on any atom is -0.507 e. The zero-order valence-electron chi connectivity index (χ0n) is 16.1. The number of hydrogen-bond donors (Lipinski definition) is 3. The summed E-state index contributed by atoms with van der Waals surface area (Å²) in [5.41, 5.74) is 3.57. The van der Waals surface area contributed by atoms with Gasteiger partial charge in [-0.3, -0.25) is 4.98 Å². The molecule has 2 aromatic rings. The molecular weight excluding hydrogens is 354 g/mol. The Morgan fingerprint density at radius 3 is 2.61 bits per heavy atom. The molecule has 5 heteroatoms. The molecule has 0 bridgehead atoms. The summed E-state index contributed by atoms with van der Waals surface area (Å²) in [6.45, 7) is 4.02. The molecule has 0 spiro atoms. The average Bonchev–Trinajstić information content (AvgIpc) is 2.71. The Bertz CT molecular complexity index is 828. The highest BCUT2D eigenvalue weighted by molar-refractivity contribution is 5.81. The lowest BCUT2D eigenvalue weighted by Gasteiger charge is -2.18. The summed E-state index contributed by atoms with van der Waals surface area (Å²) < 4.78 is 5.09. The number of phenols is 1. The summed E-state index contributed by atoms with van der Waals surface area (Å²) in [6.07, 6.45) is 5.27. The van der Waals surface area contributed by atoms with Crippen LogP contribution < -0.4 is 0 Å². The summed E-state index contributed by atoms with van der Waals surface area (Å²) in [6, 6.07) is 12.7. The molecule has 2 rings (SSSR count). The van der Waals surface area contributed by atoms with Crippen molar-refractivity contribution in [3.05, 3.63) is 83.7 Å². The fourth-order valence-electron chi connectivity index (χ4n) is 2.94. The molecule has 0 amide bonds. The number of pyridine rings is 1. The third kappa shape index (κ3) is 6.16. The van der Waals surface area contributed by atoms with E-state index in [1.165, 1.54) is 0 Å². The Morgan fingerprint density at radius 2 is 1.96 bits per heavy atom. The number of allylic oxidation sites excluding steroid dienone is 1. The minimum absolute atomic E-state index is 0.185. The summed E-state index contributed by atoms with van der Waals surface area (Å²) in [5, 5.41) is 30.0. The molecular formula is C23H27NO4. The number of nitrogens with zero attached hydrogens (tertiary/aromatic N) is 1. The van der Waals surface area contributed by atoms with Crippen molar-refractivity contribution < 1.29 is 20.1 Å². The van der Waals surface area contributed by atoms with E-state index in [1.807, 2.05) is 36.4 Å². The largest absolute Gasteiger partial charge is 0.507 e. The lowest BCUT2D eigenvalue weighted by Crippen LogP contribution is -2.15. The molecule has 0 aliphatic heterocycles. The average molecular weight is 381 g/mol. The summed E-state index contributed by atoms with van der Waals surface area (Å²) >= 11 is 0. The maximum absolute atomic E-state index is 10.7. The van der Waals surface area contributed by atoms with Crippen molar-refractivity contribution in [3.63, 3.8) is 0 Å². The van der Waals surface area contributed by atoms with Gasteiger partial charge in [0.2, 0.25) is 0 Å². The normalized spacial score (nSPS) is 13.4. The van der Waals surface area contributed by atoms with E-state index in [1.54, 1.807) is 31.5 Å². The van der Waals surface area contributed by atoms with E-state index in [4.69, 9.17) is 4.74 Å². The zero-order chi connectivity index (χ0) is 20.4. The zero-order valence-corrected chi connectivity index (χ0v) is 16.1. The van der Waals surface area contributed by atoms with Crippen LogP contribution in [0, 0.1) is 0 Å². The molecule has 0 aliphatic carbocycles. The molecule has 148 valence electrons. The SMILES string of the molecule is C=C(COC)/C(=C/CO)C(O)CC/C(=C/c1ccccc1O)c1ccccn1. The highest BCUT2D eigenvalue weighted by Crippen LogP contribution is 2.28. The molecule has 0 fully saturated rings. The number of aromatic hydroxyl groups is 1. The monoisotopic (exact) mass is 381 g/mol. The number of benzene rings is 1. The van der Waals surface area contributed by atoms with Gasteiger partial charge < -0.3 is 20.1 Å². The first kappa shape index (κ1) is 21.6. The van der Waals surface area contributed by atoms with Crippen LogP contribution in [0.25, 0.3) is 11.6 Å². The van der Waals surface area contributed by atoms with Crippen LogP contribution in [0.4, 0.5) is 0 Å². The summed E-state index contributed by atoms with van der Waals surface area (Å²) in [7, 11) is 1.56. The topological polar surface area (TPSA) is 82.8 Å². The van der Waals surface area contributed by atoms with Crippen molar-refractivity contribution in [2.24, 2.45) is 0 Å². The fraction of sp³-hybridized carbons (Fsp3) is 0.261. The van der Waals surface area contributed by atoms with Crippen LogP contribution in [0.1, 0.15) is 24.1 Å². The van der Waals surface area contributed by atoms with E-state index >= 15 is 0 Å². The predicted octanol–water partition coefficient (Wildman–Crippen LogP) is 3.59. The first-order valence-corrected chi connectivity index (χ1v) is 9.12. The molecule has 0 saturated carbocycles. The van der Waals surface area contributed by atoms with Crippen molar-refractivity contribution in [2.45, 2.75) is 18.9 Å².